The van der Waals surface area contributed by atoms with Gasteiger partial charge in [0.15, 0.2) is 5.79 Å². The fraction of sp³-hybridized carbons (Fsp3) is 1.00. The Kier molecular flexibility index (Phi) is 4.70. The molecule has 0 aromatic heterocycles. The van der Waals surface area contributed by atoms with Gasteiger partial charge in [-0.15, -0.1) is 0 Å². The van der Waals surface area contributed by atoms with E-state index < -0.39 is 24.1 Å². The third-order valence-corrected chi connectivity index (χ3v) is 2.60. The molecule has 0 radical (unpaired) electrons. The summed E-state index contributed by atoms with van der Waals surface area (Å²) in [6.07, 6.45) is -1.84. The van der Waals surface area contributed by atoms with E-state index in [9.17, 15) is 15.3 Å². The van der Waals surface area contributed by atoms with Gasteiger partial charge < -0.3 is 24.8 Å². The molecule has 1 saturated heterocycles. The SMILES string of the molecule is CC(C)C[C@@](C)(O)OC[C@@H]1OC[C@@H](O)[C@@H]1O. The lowest BCUT2D eigenvalue weighted by atomic mass is 10.0. The van der Waals surface area contributed by atoms with Crippen molar-refractivity contribution in [3.8, 4) is 0 Å². The van der Waals surface area contributed by atoms with Gasteiger partial charge in [-0.05, 0) is 12.8 Å². The molecule has 4 atom stereocenters. The average Bonchev–Trinajstić information content (AvgIpc) is 2.43. The van der Waals surface area contributed by atoms with Crippen LogP contribution >= 0.6 is 0 Å². The zero-order valence-electron chi connectivity index (χ0n) is 10.1. The van der Waals surface area contributed by atoms with E-state index in [1.165, 1.54) is 0 Å². The van der Waals surface area contributed by atoms with Crippen molar-refractivity contribution in [3.05, 3.63) is 0 Å². The van der Waals surface area contributed by atoms with Gasteiger partial charge in [-0.2, -0.15) is 0 Å². The molecule has 1 fully saturated rings. The molecule has 1 aliphatic rings. The van der Waals surface area contributed by atoms with Gasteiger partial charge in [-0.1, -0.05) is 13.8 Å². The number of hydrogen-bond donors (Lipinski definition) is 3. The van der Waals surface area contributed by atoms with E-state index in [0.29, 0.717) is 12.3 Å². The zero-order valence-corrected chi connectivity index (χ0v) is 10.1. The molecule has 0 amide bonds. The maximum absolute atomic E-state index is 9.88. The molecule has 0 aromatic carbocycles. The lowest BCUT2D eigenvalue weighted by Crippen LogP contribution is -2.38. The summed E-state index contributed by atoms with van der Waals surface area (Å²) in [4.78, 5) is 0. The molecule has 0 aromatic rings. The first-order valence-corrected chi connectivity index (χ1v) is 5.66. The van der Waals surface area contributed by atoms with E-state index >= 15 is 0 Å². The van der Waals surface area contributed by atoms with Crippen LogP contribution in [0.15, 0.2) is 0 Å². The van der Waals surface area contributed by atoms with E-state index in [4.69, 9.17) is 9.47 Å². The van der Waals surface area contributed by atoms with Crippen molar-refractivity contribution >= 4 is 0 Å². The van der Waals surface area contributed by atoms with Crippen molar-refractivity contribution in [2.75, 3.05) is 13.2 Å². The van der Waals surface area contributed by atoms with Crippen LogP contribution in [0.1, 0.15) is 27.2 Å². The Hall–Kier alpha value is -0.200. The highest BCUT2D eigenvalue weighted by Crippen LogP contribution is 2.21. The second-order valence-electron chi connectivity index (χ2n) is 5.01. The molecule has 0 unspecified atom stereocenters. The fourth-order valence-corrected chi connectivity index (χ4v) is 1.89. The first kappa shape index (κ1) is 13.9. The van der Waals surface area contributed by atoms with Crippen molar-refractivity contribution < 1.29 is 24.8 Å². The molecule has 0 spiro atoms. The number of aliphatic hydroxyl groups is 3. The number of ether oxygens (including phenoxy) is 2. The Morgan fingerprint density at radius 1 is 1.44 bits per heavy atom. The predicted octanol–water partition coefficient (Wildman–Crippen LogP) is -0.122. The van der Waals surface area contributed by atoms with E-state index in [2.05, 4.69) is 0 Å². The second-order valence-corrected chi connectivity index (χ2v) is 5.01. The maximum Gasteiger partial charge on any atom is 0.162 e. The number of aliphatic hydroxyl groups excluding tert-OH is 2. The molecular weight excluding hydrogens is 212 g/mol. The van der Waals surface area contributed by atoms with Gasteiger partial charge in [-0.25, -0.2) is 0 Å². The summed E-state index contributed by atoms with van der Waals surface area (Å²) in [5.41, 5.74) is 0. The molecule has 1 aliphatic heterocycles. The smallest absolute Gasteiger partial charge is 0.162 e. The summed E-state index contributed by atoms with van der Waals surface area (Å²) in [6, 6.07) is 0. The second kappa shape index (κ2) is 5.42. The first-order valence-electron chi connectivity index (χ1n) is 5.66. The molecule has 0 saturated carbocycles. The van der Waals surface area contributed by atoms with E-state index in [1.807, 2.05) is 13.8 Å². The molecule has 0 aliphatic carbocycles. The molecule has 1 heterocycles. The van der Waals surface area contributed by atoms with Crippen LogP contribution in [0.4, 0.5) is 0 Å². The molecule has 5 heteroatoms. The minimum Gasteiger partial charge on any atom is -0.388 e. The summed E-state index contributed by atoms with van der Waals surface area (Å²) in [5.74, 6) is -0.903. The van der Waals surface area contributed by atoms with Gasteiger partial charge in [-0.3, -0.25) is 0 Å². The van der Waals surface area contributed by atoms with Crippen LogP contribution in [0.25, 0.3) is 0 Å². The van der Waals surface area contributed by atoms with Crippen molar-refractivity contribution in [3.63, 3.8) is 0 Å². The van der Waals surface area contributed by atoms with Gasteiger partial charge in [0.2, 0.25) is 0 Å². The van der Waals surface area contributed by atoms with Crippen molar-refractivity contribution in [2.45, 2.75) is 51.3 Å². The first-order chi connectivity index (χ1) is 7.32. The molecule has 1 rings (SSSR count). The predicted molar refractivity (Wildman–Crippen MR) is 57.8 cm³/mol. The quantitative estimate of drug-likeness (QED) is 0.578. The third kappa shape index (κ3) is 3.99. The minimum absolute atomic E-state index is 0.0813. The Bertz CT molecular complexity index is 216. The highest BCUT2D eigenvalue weighted by Gasteiger charge is 2.36. The van der Waals surface area contributed by atoms with Crippen molar-refractivity contribution in [1.29, 1.82) is 0 Å². The van der Waals surface area contributed by atoms with E-state index in [1.54, 1.807) is 6.92 Å². The largest absolute Gasteiger partial charge is 0.388 e. The fourth-order valence-electron chi connectivity index (χ4n) is 1.89. The molecule has 5 nitrogen and oxygen atoms in total. The third-order valence-electron chi connectivity index (χ3n) is 2.60. The number of hydrogen-bond acceptors (Lipinski definition) is 5. The molecule has 3 N–H and O–H groups in total. The molecule has 96 valence electrons. The lowest BCUT2D eigenvalue weighted by molar-refractivity contribution is -0.216. The van der Waals surface area contributed by atoms with Crippen LogP contribution in [0.2, 0.25) is 0 Å². The van der Waals surface area contributed by atoms with Gasteiger partial charge in [0, 0.05) is 6.42 Å². The normalized spacial score (nSPS) is 34.3. The summed E-state index contributed by atoms with van der Waals surface area (Å²) in [7, 11) is 0. The van der Waals surface area contributed by atoms with Crippen LogP contribution in [0, 0.1) is 5.92 Å². The van der Waals surface area contributed by atoms with Crippen molar-refractivity contribution in [2.24, 2.45) is 5.92 Å². The Balaban J connectivity index is 2.34. The maximum atomic E-state index is 9.88. The van der Waals surface area contributed by atoms with Gasteiger partial charge in [0.25, 0.3) is 0 Å². The van der Waals surface area contributed by atoms with Crippen LogP contribution in [0.5, 0.6) is 0 Å². The monoisotopic (exact) mass is 234 g/mol. The van der Waals surface area contributed by atoms with Crippen LogP contribution < -0.4 is 0 Å². The Morgan fingerprint density at radius 3 is 2.50 bits per heavy atom. The summed E-state index contributed by atoms with van der Waals surface area (Å²) in [5, 5.41) is 28.6. The van der Waals surface area contributed by atoms with Crippen LogP contribution in [0.3, 0.4) is 0 Å². The lowest BCUT2D eigenvalue weighted by Gasteiger charge is -2.27. The number of rotatable bonds is 5. The van der Waals surface area contributed by atoms with Crippen LogP contribution in [-0.2, 0) is 9.47 Å². The van der Waals surface area contributed by atoms with Crippen molar-refractivity contribution in [1.82, 2.24) is 0 Å². The molecular formula is C11H22O5. The van der Waals surface area contributed by atoms with E-state index in [0.717, 1.165) is 0 Å². The zero-order chi connectivity index (χ0) is 12.3. The topological polar surface area (TPSA) is 79.2 Å². The van der Waals surface area contributed by atoms with Crippen LogP contribution in [-0.4, -0.2) is 52.6 Å². The molecule has 16 heavy (non-hydrogen) atoms. The van der Waals surface area contributed by atoms with E-state index in [-0.39, 0.29) is 13.2 Å². The highest BCUT2D eigenvalue weighted by molar-refractivity contribution is 4.83. The highest BCUT2D eigenvalue weighted by atomic mass is 16.6. The average molecular weight is 234 g/mol. The molecule has 0 bridgehead atoms. The summed E-state index contributed by atoms with van der Waals surface area (Å²) >= 11 is 0. The Labute approximate surface area is 96.0 Å². The summed E-state index contributed by atoms with van der Waals surface area (Å²) < 4.78 is 10.4. The van der Waals surface area contributed by atoms with Gasteiger partial charge >= 0.3 is 0 Å². The van der Waals surface area contributed by atoms with Gasteiger partial charge in [0.1, 0.15) is 18.3 Å². The van der Waals surface area contributed by atoms with Gasteiger partial charge in [0.05, 0.1) is 13.2 Å². The summed E-state index contributed by atoms with van der Waals surface area (Å²) in [6.45, 7) is 5.76. The minimum atomic E-state index is -1.22. The standard InChI is InChI=1S/C11H22O5/c1-7(2)4-11(3,14)16-6-9-10(13)8(12)5-15-9/h7-10,12-14H,4-6H2,1-3H3/t8-,9+,10+,11+/m1/s1. The Morgan fingerprint density at radius 2 is 2.06 bits per heavy atom.